The number of benzene rings is 2. The van der Waals surface area contributed by atoms with Crippen molar-refractivity contribution in [2.24, 2.45) is 0 Å². The summed E-state index contributed by atoms with van der Waals surface area (Å²) >= 11 is 0. The molecule has 2 rings (SSSR count). The minimum Gasteiger partial charge on any atom is -0.494 e. The second kappa shape index (κ2) is 6.51. The Bertz CT molecular complexity index is 704. The molecule has 2 aromatic rings. The zero-order valence-electron chi connectivity index (χ0n) is 12.0. The first-order valence-electron chi connectivity index (χ1n) is 6.51. The maximum absolute atomic E-state index is 13.6. The summed E-state index contributed by atoms with van der Waals surface area (Å²) in [5.74, 6) is -2.67. The van der Waals surface area contributed by atoms with E-state index in [0.29, 0.717) is 0 Å². The van der Waals surface area contributed by atoms with Gasteiger partial charge < -0.3 is 10.1 Å². The van der Waals surface area contributed by atoms with Crippen molar-refractivity contribution >= 4 is 5.91 Å². The van der Waals surface area contributed by atoms with Crippen LogP contribution in [0.1, 0.15) is 28.9 Å². The quantitative estimate of drug-likeness (QED) is 0.937. The molecule has 2 aromatic carbocycles. The molecule has 0 bridgehead atoms. The predicted octanol–water partition coefficient (Wildman–Crippen LogP) is 3.60. The van der Waals surface area contributed by atoms with Gasteiger partial charge in [-0.1, -0.05) is 6.07 Å². The number of nitrogens with one attached hydrogen (secondary N) is 1. The zero-order chi connectivity index (χ0) is 16.3. The molecule has 22 heavy (non-hydrogen) atoms. The Morgan fingerprint density at radius 3 is 2.41 bits per heavy atom. The fourth-order valence-corrected chi connectivity index (χ4v) is 2.02. The predicted molar refractivity (Wildman–Crippen MR) is 75.2 cm³/mol. The molecule has 0 aliphatic carbocycles. The molecule has 1 atom stereocenters. The minimum absolute atomic E-state index is 0.0224. The Labute approximate surface area is 125 Å². The molecule has 1 amide bonds. The molecular formula is C16H14F3NO2. The molecular weight excluding hydrogens is 295 g/mol. The van der Waals surface area contributed by atoms with Crippen LogP contribution in [0.15, 0.2) is 36.4 Å². The number of amides is 1. The van der Waals surface area contributed by atoms with Crippen molar-refractivity contribution in [2.75, 3.05) is 7.11 Å². The number of ether oxygens (including phenoxy) is 1. The molecule has 6 heteroatoms. The van der Waals surface area contributed by atoms with Crippen molar-refractivity contribution in [1.29, 1.82) is 0 Å². The maximum atomic E-state index is 13.6. The molecule has 0 saturated carbocycles. The van der Waals surface area contributed by atoms with Crippen LogP contribution in [-0.4, -0.2) is 13.0 Å². The summed E-state index contributed by atoms with van der Waals surface area (Å²) in [5.41, 5.74) is 0.219. The fraction of sp³-hybridized carbons (Fsp3) is 0.188. The van der Waals surface area contributed by atoms with Gasteiger partial charge in [-0.15, -0.1) is 0 Å². The third kappa shape index (κ3) is 3.39. The third-order valence-corrected chi connectivity index (χ3v) is 3.19. The van der Waals surface area contributed by atoms with Gasteiger partial charge in [0.25, 0.3) is 5.91 Å². The van der Waals surface area contributed by atoms with Gasteiger partial charge in [0, 0.05) is 17.2 Å². The van der Waals surface area contributed by atoms with E-state index in [9.17, 15) is 18.0 Å². The number of rotatable bonds is 4. The average molecular weight is 309 g/mol. The van der Waals surface area contributed by atoms with E-state index in [2.05, 4.69) is 5.32 Å². The highest BCUT2D eigenvalue weighted by molar-refractivity contribution is 5.94. The number of carbonyl (C=O) groups excluding carboxylic acids is 1. The topological polar surface area (TPSA) is 38.3 Å². The summed E-state index contributed by atoms with van der Waals surface area (Å²) in [6.45, 7) is 1.55. The van der Waals surface area contributed by atoms with Gasteiger partial charge in [-0.3, -0.25) is 4.79 Å². The summed E-state index contributed by atoms with van der Waals surface area (Å²) < 4.78 is 44.9. The lowest BCUT2D eigenvalue weighted by Gasteiger charge is -2.15. The molecule has 0 unspecified atom stereocenters. The van der Waals surface area contributed by atoms with Crippen LogP contribution in [0, 0.1) is 17.5 Å². The van der Waals surface area contributed by atoms with E-state index in [1.165, 1.54) is 25.3 Å². The van der Waals surface area contributed by atoms with Crippen LogP contribution in [0.25, 0.3) is 0 Å². The van der Waals surface area contributed by atoms with Gasteiger partial charge in [0.15, 0.2) is 11.6 Å². The first-order chi connectivity index (χ1) is 10.4. The highest BCUT2D eigenvalue weighted by atomic mass is 19.1. The van der Waals surface area contributed by atoms with Crippen LogP contribution in [0.5, 0.6) is 5.75 Å². The standard InChI is InChI=1S/C16H14F3NO2/c1-9(12-5-4-11(17)8-13(12)18)20-16(21)10-3-6-15(22-2)14(19)7-10/h3-9H,1-2H3,(H,20,21)/t9-/m1/s1. The van der Waals surface area contributed by atoms with E-state index >= 15 is 0 Å². The smallest absolute Gasteiger partial charge is 0.251 e. The Morgan fingerprint density at radius 2 is 1.82 bits per heavy atom. The van der Waals surface area contributed by atoms with Gasteiger partial charge in [-0.05, 0) is 31.2 Å². The first kappa shape index (κ1) is 15.9. The van der Waals surface area contributed by atoms with Gasteiger partial charge in [-0.2, -0.15) is 0 Å². The maximum Gasteiger partial charge on any atom is 0.251 e. The number of hydrogen-bond acceptors (Lipinski definition) is 2. The Balaban J connectivity index is 2.15. The summed E-state index contributed by atoms with van der Waals surface area (Å²) in [5, 5.41) is 2.53. The van der Waals surface area contributed by atoms with Gasteiger partial charge >= 0.3 is 0 Å². The lowest BCUT2D eigenvalue weighted by atomic mass is 10.1. The van der Waals surface area contributed by atoms with E-state index in [-0.39, 0.29) is 16.9 Å². The minimum atomic E-state index is -0.756. The van der Waals surface area contributed by atoms with E-state index in [1.54, 1.807) is 6.92 Å². The van der Waals surface area contributed by atoms with Crippen LogP contribution in [0.3, 0.4) is 0 Å². The molecule has 0 heterocycles. The summed E-state index contributed by atoms with van der Waals surface area (Å²) in [4.78, 5) is 12.0. The van der Waals surface area contributed by atoms with E-state index < -0.39 is 29.4 Å². The lowest BCUT2D eigenvalue weighted by molar-refractivity contribution is 0.0939. The first-order valence-corrected chi connectivity index (χ1v) is 6.51. The molecule has 0 fully saturated rings. The largest absolute Gasteiger partial charge is 0.494 e. The van der Waals surface area contributed by atoms with Crippen molar-refractivity contribution in [1.82, 2.24) is 5.32 Å². The monoisotopic (exact) mass is 309 g/mol. The third-order valence-electron chi connectivity index (χ3n) is 3.19. The SMILES string of the molecule is COc1ccc(C(=O)N[C@H](C)c2ccc(F)cc2F)cc1F. The molecule has 0 aliphatic rings. The van der Waals surface area contributed by atoms with E-state index in [4.69, 9.17) is 4.74 Å². The van der Waals surface area contributed by atoms with Crippen molar-refractivity contribution in [3.63, 3.8) is 0 Å². The summed E-state index contributed by atoms with van der Waals surface area (Å²) in [6.07, 6.45) is 0. The van der Waals surface area contributed by atoms with Crippen LogP contribution < -0.4 is 10.1 Å². The van der Waals surface area contributed by atoms with Crippen molar-refractivity contribution in [2.45, 2.75) is 13.0 Å². The van der Waals surface area contributed by atoms with E-state index in [1.807, 2.05) is 0 Å². The Hall–Kier alpha value is -2.50. The van der Waals surface area contributed by atoms with Crippen LogP contribution >= 0.6 is 0 Å². The fourth-order valence-electron chi connectivity index (χ4n) is 2.02. The molecule has 0 aliphatic heterocycles. The average Bonchev–Trinajstić information content (AvgIpc) is 2.46. The molecule has 0 saturated heterocycles. The molecule has 116 valence electrons. The zero-order valence-corrected chi connectivity index (χ0v) is 12.0. The van der Waals surface area contributed by atoms with Crippen molar-refractivity contribution in [3.8, 4) is 5.75 Å². The number of halogens is 3. The summed E-state index contributed by atoms with van der Waals surface area (Å²) in [6, 6.07) is 6.15. The Morgan fingerprint density at radius 1 is 1.09 bits per heavy atom. The van der Waals surface area contributed by atoms with E-state index in [0.717, 1.165) is 18.2 Å². The van der Waals surface area contributed by atoms with Gasteiger partial charge in [0.1, 0.15) is 11.6 Å². The normalized spacial score (nSPS) is 11.9. The Kier molecular flexibility index (Phi) is 4.70. The van der Waals surface area contributed by atoms with Gasteiger partial charge in [0.2, 0.25) is 0 Å². The molecule has 1 N–H and O–H groups in total. The second-order valence-corrected chi connectivity index (χ2v) is 4.71. The lowest BCUT2D eigenvalue weighted by Crippen LogP contribution is -2.27. The second-order valence-electron chi connectivity index (χ2n) is 4.71. The van der Waals surface area contributed by atoms with Crippen molar-refractivity contribution < 1.29 is 22.7 Å². The van der Waals surface area contributed by atoms with Crippen LogP contribution in [0.4, 0.5) is 13.2 Å². The number of carbonyl (C=O) groups is 1. The molecule has 3 nitrogen and oxygen atoms in total. The number of methoxy groups -OCH3 is 1. The number of hydrogen-bond donors (Lipinski definition) is 1. The van der Waals surface area contributed by atoms with Crippen molar-refractivity contribution in [3.05, 3.63) is 65.0 Å². The molecule has 0 aromatic heterocycles. The molecule has 0 spiro atoms. The van der Waals surface area contributed by atoms with Gasteiger partial charge in [-0.25, -0.2) is 13.2 Å². The highest BCUT2D eigenvalue weighted by Crippen LogP contribution is 2.20. The van der Waals surface area contributed by atoms with Gasteiger partial charge in [0.05, 0.1) is 13.2 Å². The summed E-state index contributed by atoms with van der Waals surface area (Å²) in [7, 11) is 1.32. The highest BCUT2D eigenvalue weighted by Gasteiger charge is 2.16. The van der Waals surface area contributed by atoms with Crippen LogP contribution in [0.2, 0.25) is 0 Å². The van der Waals surface area contributed by atoms with Crippen LogP contribution in [-0.2, 0) is 0 Å². The molecule has 0 radical (unpaired) electrons.